The number of imidazole rings is 1. The number of amides is 1. The van der Waals surface area contributed by atoms with Crippen molar-refractivity contribution in [2.75, 3.05) is 12.4 Å². The van der Waals surface area contributed by atoms with Crippen LogP contribution in [-0.2, 0) is 4.79 Å². The standard InChI is InChI=1S/C19H21N3O2/c1-12(2)19(23)21-18-17(14-5-7-15(24-4)8-6-14)20-16-11-13(3)9-10-22(16)18/h5-12H,1-4H3,(H,21,23). The highest BCUT2D eigenvalue weighted by Crippen LogP contribution is 2.30. The van der Waals surface area contributed by atoms with Crippen LogP contribution in [0.15, 0.2) is 42.6 Å². The van der Waals surface area contributed by atoms with Gasteiger partial charge >= 0.3 is 0 Å². The van der Waals surface area contributed by atoms with Crippen LogP contribution in [0.3, 0.4) is 0 Å². The van der Waals surface area contributed by atoms with Gasteiger partial charge in [0.1, 0.15) is 22.9 Å². The second-order valence-corrected chi connectivity index (χ2v) is 6.11. The number of rotatable bonds is 4. The summed E-state index contributed by atoms with van der Waals surface area (Å²) in [5.41, 5.74) is 3.60. The number of fused-ring (bicyclic) bond motifs is 1. The number of carbonyl (C=O) groups is 1. The van der Waals surface area contributed by atoms with E-state index < -0.39 is 0 Å². The number of carbonyl (C=O) groups excluding carboxylic acids is 1. The molecule has 3 aromatic rings. The van der Waals surface area contributed by atoms with Crippen LogP contribution >= 0.6 is 0 Å². The first-order valence-electron chi connectivity index (χ1n) is 7.93. The number of anilines is 1. The molecule has 0 spiro atoms. The topological polar surface area (TPSA) is 55.6 Å². The van der Waals surface area contributed by atoms with Gasteiger partial charge < -0.3 is 10.1 Å². The molecule has 0 saturated heterocycles. The molecule has 5 heteroatoms. The van der Waals surface area contributed by atoms with Gasteiger partial charge in [-0.2, -0.15) is 0 Å². The molecular weight excluding hydrogens is 302 g/mol. The van der Waals surface area contributed by atoms with Crippen molar-refractivity contribution >= 4 is 17.4 Å². The molecule has 0 aliphatic rings. The van der Waals surface area contributed by atoms with Crippen molar-refractivity contribution in [3.8, 4) is 17.0 Å². The molecule has 24 heavy (non-hydrogen) atoms. The number of pyridine rings is 1. The van der Waals surface area contributed by atoms with E-state index in [2.05, 4.69) is 5.32 Å². The SMILES string of the molecule is COc1ccc(-c2nc3cc(C)ccn3c2NC(=O)C(C)C)cc1. The molecule has 1 amide bonds. The van der Waals surface area contributed by atoms with Crippen LogP contribution in [0.4, 0.5) is 5.82 Å². The lowest BCUT2D eigenvalue weighted by atomic mass is 10.1. The van der Waals surface area contributed by atoms with Crippen LogP contribution in [-0.4, -0.2) is 22.4 Å². The van der Waals surface area contributed by atoms with E-state index in [1.807, 2.05) is 67.8 Å². The molecule has 124 valence electrons. The van der Waals surface area contributed by atoms with E-state index in [0.717, 1.165) is 28.2 Å². The molecule has 0 aliphatic carbocycles. The summed E-state index contributed by atoms with van der Waals surface area (Å²) in [4.78, 5) is 17.0. The first-order chi connectivity index (χ1) is 11.5. The Hall–Kier alpha value is -2.82. The smallest absolute Gasteiger partial charge is 0.228 e. The van der Waals surface area contributed by atoms with E-state index in [9.17, 15) is 4.79 Å². The Labute approximate surface area is 141 Å². The fraction of sp³-hybridized carbons (Fsp3) is 0.263. The molecule has 5 nitrogen and oxygen atoms in total. The predicted octanol–water partition coefficient (Wildman–Crippen LogP) is 3.91. The van der Waals surface area contributed by atoms with Gasteiger partial charge in [-0.3, -0.25) is 9.20 Å². The van der Waals surface area contributed by atoms with Crippen LogP contribution in [0.5, 0.6) is 5.75 Å². The zero-order valence-corrected chi connectivity index (χ0v) is 14.3. The number of benzene rings is 1. The molecule has 0 saturated carbocycles. The summed E-state index contributed by atoms with van der Waals surface area (Å²) in [6.45, 7) is 5.76. The quantitative estimate of drug-likeness (QED) is 0.792. The monoisotopic (exact) mass is 323 g/mol. The Morgan fingerprint density at radius 3 is 2.54 bits per heavy atom. The van der Waals surface area contributed by atoms with Crippen LogP contribution in [0.1, 0.15) is 19.4 Å². The molecule has 0 aliphatic heterocycles. The highest BCUT2D eigenvalue weighted by molar-refractivity contribution is 5.95. The molecule has 0 radical (unpaired) electrons. The fourth-order valence-electron chi connectivity index (χ4n) is 2.48. The van der Waals surface area contributed by atoms with E-state index in [0.29, 0.717) is 5.82 Å². The zero-order valence-electron chi connectivity index (χ0n) is 14.3. The van der Waals surface area contributed by atoms with E-state index in [1.165, 1.54) is 0 Å². The van der Waals surface area contributed by atoms with Gasteiger partial charge in [0.2, 0.25) is 5.91 Å². The molecule has 0 fully saturated rings. The minimum absolute atomic E-state index is 0.0351. The van der Waals surface area contributed by atoms with E-state index in [4.69, 9.17) is 9.72 Å². The lowest BCUT2D eigenvalue weighted by Gasteiger charge is -2.10. The zero-order chi connectivity index (χ0) is 17.3. The van der Waals surface area contributed by atoms with Gasteiger partial charge in [0, 0.05) is 17.7 Å². The van der Waals surface area contributed by atoms with Crippen LogP contribution in [0.2, 0.25) is 0 Å². The second kappa shape index (κ2) is 6.35. The number of ether oxygens (including phenoxy) is 1. The summed E-state index contributed by atoms with van der Waals surface area (Å²) in [5.74, 6) is 1.33. The Kier molecular flexibility index (Phi) is 4.25. The van der Waals surface area contributed by atoms with Crippen molar-refractivity contribution in [1.82, 2.24) is 9.38 Å². The predicted molar refractivity (Wildman–Crippen MR) is 95.4 cm³/mol. The Balaban J connectivity index is 2.15. The highest BCUT2D eigenvalue weighted by atomic mass is 16.5. The van der Waals surface area contributed by atoms with E-state index in [-0.39, 0.29) is 11.8 Å². The van der Waals surface area contributed by atoms with E-state index in [1.54, 1.807) is 7.11 Å². The number of hydrogen-bond donors (Lipinski definition) is 1. The van der Waals surface area contributed by atoms with Crippen molar-refractivity contribution in [3.05, 3.63) is 48.2 Å². The molecule has 2 heterocycles. The minimum atomic E-state index is -0.107. The Morgan fingerprint density at radius 2 is 1.92 bits per heavy atom. The lowest BCUT2D eigenvalue weighted by Crippen LogP contribution is -2.19. The first-order valence-corrected chi connectivity index (χ1v) is 7.93. The summed E-state index contributed by atoms with van der Waals surface area (Å²) in [6, 6.07) is 11.7. The van der Waals surface area contributed by atoms with Gasteiger partial charge in [-0.1, -0.05) is 13.8 Å². The Morgan fingerprint density at radius 1 is 1.21 bits per heavy atom. The van der Waals surface area contributed by atoms with Gasteiger partial charge in [0.15, 0.2) is 0 Å². The molecule has 0 unspecified atom stereocenters. The van der Waals surface area contributed by atoms with Gasteiger partial charge in [0.25, 0.3) is 0 Å². The van der Waals surface area contributed by atoms with Crippen molar-refractivity contribution in [2.45, 2.75) is 20.8 Å². The average molecular weight is 323 g/mol. The average Bonchev–Trinajstić information content (AvgIpc) is 2.92. The summed E-state index contributed by atoms with van der Waals surface area (Å²) in [7, 11) is 1.64. The van der Waals surface area contributed by atoms with Crippen molar-refractivity contribution in [2.24, 2.45) is 5.92 Å². The van der Waals surface area contributed by atoms with E-state index >= 15 is 0 Å². The molecule has 2 aromatic heterocycles. The van der Waals surface area contributed by atoms with Crippen LogP contribution in [0.25, 0.3) is 16.9 Å². The number of aromatic nitrogens is 2. The number of aryl methyl sites for hydroxylation is 1. The lowest BCUT2D eigenvalue weighted by molar-refractivity contribution is -0.118. The highest BCUT2D eigenvalue weighted by Gasteiger charge is 2.18. The normalized spacial score (nSPS) is 11.0. The van der Waals surface area contributed by atoms with Gasteiger partial charge in [-0.25, -0.2) is 4.98 Å². The van der Waals surface area contributed by atoms with Crippen molar-refractivity contribution in [3.63, 3.8) is 0 Å². The number of nitrogens with zero attached hydrogens (tertiary/aromatic N) is 2. The third-order valence-electron chi connectivity index (χ3n) is 3.91. The largest absolute Gasteiger partial charge is 0.497 e. The maximum Gasteiger partial charge on any atom is 0.228 e. The summed E-state index contributed by atoms with van der Waals surface area (Å²) >= 11 is 0. The minimum Gasteiger partial charge on any atom is -0.497 e. The number of methoxy groups -OCH3 is 1. The molecule has 3 rings (SSSR count). The van der Waals surface area contributed by atoms with Crippen LogP contribution < -0.4 is 10.1 Å². The summed E-state index contributed by atoms with van der Waals surface area (Å²) < 4.78 is 7.12. The second-order valence-electron chi connectivity index (χ2n) is 6.11. The summed E-state index contributed by atoms with van der Waals surface area (Å²) in [5, 5.41) is 3.01. The van der Waals surface area contributed by atoms with Crippen molar-refractivity contribution < 1.29 is 9.53 Å². The maximum atomic E-state index is 12.2. The Bertz CT molecular complexity index is 880. The third kappa shape index (κ3) is 2.97. The number of nitrogens with one attached hydrogen (secondary N) is 1. The maximum absolute atomic E-state index is 12.2. The van der Waals surface area contributed by atoms with Gasteiger partial charge in [-0.15, -0.1) is 0 Å². The molecule has 0 bridgehead atoms. The fourth-order valence-corrected chi connectivity index (χ4v) is 2.48. The first kappa shape index (κ1) is 16.1. The molecule has 1 aromatic carbocycles. The molecule has 1 N–H and O–H groups in total. The summed E-state index contributed by atoms with van der Waals surface area (Å²) in [6.07, 6.45) is 1.93. The van der Waals surface area contributed by atoms with Crippen LogP contribution in [0, 0.1) is 12.8 Å². The molecular formula is C19H21N3O2. The molecule has 0 atom stereocenters. The van der Waals surface area contributed by atoms with Gasteiger partial charge in [-0.05, 0) is 48.9 Å². The van der Waals surface area contributed by atoms with Crippen molar-refractivity contribution in [1.29, 1.82) is 0 Å². The van der Waals surface area contributed by atoms with Gasteiger partial charge in [0.05, 0.1) is 7.11 Å². The third-order valence-corrected chi connectivity index (χ3v) is 3.91. The number of hydrogen-bond acceptors (Lipinski definition) is 3.